The Hall–Kier alpha value is -2.49. The number of nitrogens with zero attached hydrogens (tertiary/aromatic N) is 1. The van der Waals surface area contributed by atoms with Crippen LogP contribution < -0.4 is 15.8 Å². The minimum absolute atomic E-state index is 0.550. The number of benzene rings is 1. The van der Waals surface area contributed by atoms with Crippen molar-refractivity contribution in [2.24, 2.45) is 0 Å². The monoisotopic (exact) mass is 255 g/mol. The number of nitrogens with one attached hydrogen (secondary N) is 1. The molecule has 0 spiro atoms. The number of aryl methyl sites for hydroxylation is 2. The van der Waals surface area contributed by atoms with E-state index in [1.165, 1.54) is 6.26 Å². The highest BCUT2D eigenvalue weighted by atomic mass is 16.5. The molecule has 4 nitrogen and oxygen atoms in total. The Morgan fingerprint density at radius 3 is 2.68 bits per heavy atom. The molecule has 0 aliphatic heterocycles. The molecule has 0 saturated carbocycles. The molecule has 19 heavy (non-hydrogen) atoms. The van der Waals surface area contributed by atoms with E-state index >= 15 is 0 Å². The molecule has 0 saturated heterocycles. The minimum Gasteiger partial charge on any atom is -0.463 e. The summed E-state index contributed by atoms with van der Waals surface area (Å²) in [5.41, 5.74) is 9.44. The lowest BCUT2D eigenvalue weighted by Crippen LogP contribution is -1.98. The van der Waals surface area contributed by atoms with Crippen LogP contribution in [0.25, 0.3) is 0 Å². The van der Waals surface area contributed by atoms with Gasteiger partial charge in [-0.05, 0) is 49.7 Å². The largest absolute Gasteiger partial charge is 0.463 e. The fourth-order valence-corrected chi connectivity index (χ4v) is 1.88. The Kier molecular flexibility index (Phi) is 3.71. The summed E-state index contributed by atoms with van der Waals surface area (Å²) in [7, 11) is 0. The fraction of sp³-hybridized carbons (Fsp3) is 0.133. The van der Waals surface area contributed by atoms with Crippen LogP contribution >= 0.6 is 0 Å². The number of hydrogen-bond donors (Lipinski definition) is 2. The zero-order valence-electron chi connectivity index (χ0n) is 11.1. The van der Waals surface area contributed by atoms with Crippen LogP contribution in [0.4, 0.5) is 17.2 Å². The van der Waals surface area contributed by atoms with Gasteiger partial charge in [0.05, 0.1) is 11.9 Å². The Morgan fingerprint density at radius 2 is 2.05 bits per heavy atom. The Labute approximate surface area is 112 Å². The van der Waals surface area contributed by atoms with E-state index in [0.717, 1.165) is 22.8 Å². The van der Waals surface area contributed by atoms with Crippen molar-refractivity contribution in [3.63, 3.8) is 0 Å². The van der Waals surface area contributed by atoms with Crippen LogP contribution in [0.5, 0.6) is 5.75 Å². The normalized spacial score (nSPS) is 10.0. The van der Waals surface area contributed by atoms with E-state index in [1.807, 2.05) is 32.0 Å². The number of aromatic nitrogens is 1. The third kappa shape index (κ3) is 3.25. The predicted octanol–water partition coefficient (Wildman–Crippen LogP) is 3.55. The van der Waals surface area contributed by atoms with Gasteiger partial charge in [-0.1, -0.05) is 6.58 Å². The van der Waals surface area contributed by atoms with Crippen molar-refractivity contribution in [3.8, 4) is 5.75 Å². The van der Waals surface area contributed by atoms with E-state index in [2.05, 4.69) is 16.9 Å². The summed E-state index contributed by atoms with van der Waals surface area (Å²) in [6, 6.07) is 9.49. The van der Waals surface area contributed by atoms with Crippen molar-refractivity contribution < 1.29 is 4.74 Å². The first-order chi connectivity index (χ1) is 9.08. The highest BCUT2D eigenvalue weighted by Gasteiger charge is 2.03. The van der Waals surface area contributed by atoms with Crippen molar-refractivity contribution in [2.75, 3.05) is 11.1 Å². The highest BCUT2D eigenvalue weighted by Crippen LogP contribution is 2.27. The van der Waals surface area contributed by atoms with Crippen LogP contribution in [-0.4, -0.2) is 4.98 Å². The van der Waals surface area contributed by atoms with Gasteiger partial charge in [0.1, 0.15) is 11.6 Å². The molecule has 0 unspecified atom stereocenters. The van der Waals surface area contributed by atoms with Gasteiger partial charge in [-0.15, -0.1) is 0 Å². The second kappa shape index (κ2) is 5.44. The molecule has 0 amide bonds. The third-order valence-corrected chi connectivity index (χ3v) is 2.59. The Morgan fingerprint density at radius 1 is 1.26 bits per heavy atom. The molecule has 0 aliphatic rings. The number of pyridine rings is 1. The topological polar surface area (TPSA) is 60.2 Å². The first kappa shape index (κ1) is 13.0. The second-order valence-electron chi connectivity index (χ2n) is 4.33. The van der Waals surface area contributed by atoms with E-state index in [-0.39, 0.29) is 0 Å². The zero-order valence-corrected chi connectivity index (χ0v) is 11.1. The number of nitrogens with two attached hydrogens (primary N) is 1. The summed E-state index contributed by atoms with van der Waals surface area (Å²) in [5.74, 6) is 1.39. The van der Waals surface area contributed by atoms with E-state index < -0.39 is 0 Å². The molecule has 3 N–H and O–H groups in total. The molecular weight excluding hydrogens is 238 g/mol. The lowest BCUT2D eigenvalue weighted by atomic mass is 10.2. The standard InChI is InChI=1S/C15H17N3O/c1-4-19-14-6-5-12(9-13(14)16)18-15-8-10(2)7-11(3)17-15/h4-9H,1,16H2,2-3H3,(H,17,18). The van der Waals surface area contributed by atoms with Crippen molar-refractivity contribution in [2.45, 2.75) is 13.8 Å². The summed E-state index contributed by atoms with van der Waals surface area (Å²) >= 11 is 0. The van der Waals surface area contributed by atoms with Crippen LogP contribution in [0.1, 0.15) is 11.3 Å². The number of ether oxygens (including phenoxy) is 1. The van der Waals surface area contributed by atoms with Crippen molar-refractivity contribution in [3.05, 3.63) is 54.4 Å². The van der Waals surface area contributed by atoms with Crippen LogP contribution in [0, 0.1) is 13.8 Å². The molecular formula is C15H17N3O. The van der Waals surface area contributed by atoms with Gasteiger partial charge in [0.15, 0.2) is 0 Å². The number of rotatable bonds is 4. The van der Waals surface area contributed by atoms with Crippen LogP contribution in [-0.2, 0) is 0 Å². The summed E-state index contributed by atoms with van der Waals surface area (Å²) in [6.07, 6.45) is 1.35. The molecule has 0 fully saturated rings. The van der Waals surface area contributed by atoms with Gasteiger partial charge in [-0.2, -0.15) is 0 Å². The molecule has 2 aromatic rings. The van der Waals surface area contributed by atoms with Gasteiger partial charge < -0.3 is 15.8 Å². The van der Waals surface area contributed by atoms with Crippen LogP contribution in [0.3, 0.4) is 0 Å². The molecule has 1 aromatic carbocycles. The van der Waals surface area contributed by atoms with Gasteiger partial charge in [-0.25, -0.2) is 4.98 Å². The Bertz CT molecular complexity index is 588. The third-order valence-electron chi connectivity index (χ3n) is 2.59. The molecule has 4 heteroatoms. The van der Waals surface area contributed by atoms with Crippen molar-refractivity contribution >= 4 is 17.2 Å². The molecule has 0 bridgehead atoms. The molecule has 0 atom stereocenters. The molecule has 98 valence electrons. The maximum absolute atomic E-state index is 5.89. The van der Waals surface area contributed by atoms with Gasteiger partial charge >= 0.3 is 0 Å². The lowest BCUT2D eigenvalue weighted by molar-refractivity contribution is 0.486. The van der Waals surface area contributed by atoms with E-state index in [4.69, 9.17) is 10.5 Å². The van der Waals surface area contributed by atoms with E-state index in [0.29, 0.717) is 11.4 Å². The lowest BCUT2D eigenvalue weighted by Gasteiger charge is -2.10. The summed E-state index contributed by atoms with van der Waals surface area (Å²) in [6.45, 7) is 7.51. The van der Waals surface area contributed by atoms with E-state index in [9.17, 15) is 0 Å². The second-order valence-corrected chi connectivity index (χ2v) is 4.33. The van der Waals surface area contributed by atoms with Crippen molar-refractivity contribution in [1.29, 1.82) is 0 Å². The molecule has 2 rings (SSSR count). The maximum Gasteiger partial charge on any atom is 0.149 e. The Balaban J connectivity index is 2.23. The average Bonchev–Trinajstić information content (AvgIpc) is 2.31. The van der Waals surface area contributed by atoms with Gasteiger partial charge in [0, 0.05) is 11.4 Å². The molecule has 1 aromatic heterocycles. The summed E-state index contributed by atoms with van der Waals surface area (Å²) < 4.78 is 5.18. The maximum atomic E-state index is 5.89. The fourth-order valence-electron chi connectivity index (χ4n) is 1.88. The molecule has 0 radical (unpaired) electrons. The van der Waals surface area contributed by atoms with E-state index in [1.54, 1.807) is 12.1 Å². The highest BCUT2D eigenvalue weighted by molar-refractivity contribution is 5.66. The first-order valence-electron chi connectivity index (χ1n) is 5.98. The van der Waals surface area contributed by atoms with Crippen LogP contribution in [0.2, 0.25) is 0 Å². The number of nitrogen functional groups attached to an aromatic ring is 1. The average molecular weight is 255 g/mol. The number of anilines is 3. The van der Waals surface area contributed by atoms with Crippen molar-refractivity contribution in [1.82, 2.24) is 4.98 Å². The predicted molar refractivity (Wildman–Crippen MR) is 78.7 cm³/mol. The smallest absolute Gasteiger partial charge is 0.149 e. The van der Waals surface area contributed by atoms with Crippen LogP contribution in [0.15, 0.2) is 43.2 Å². The zero-order chi connectivity index (χ0) is 13.8. The molecule has 1 heterocycles. The first-order valence-corrected chi connectivity index (χ1v) is 5.98. The molecule has 0 aliphatic carbocycles. The SMILES string of the molecule is C=COc1ccc(Nc2cc(C)cc(C)n2)cc1N. The van der Waals surface area contributed by atoms with Gasteiger partial charge in [-0.3, -0.25) is 0 Å². The quantitative estimate of drug-likeness (QED) is 0.648. The summed E-state index contributed by atoms with van der Waals surface area (Å²) in [4.78, 5) is 4.42. The summed E-state index contributed by atoms with van der Waals surface area (Å²) in [5, 5.41) is 3.22. The van der Waals surface area contributed by atoms with Gasteiger partial charge in [0.25, 0.3) is 0 Å². The number of hydrogen-bond acceptors (Lipinski definition) is 4. The minimum atomic E-state index is 0.550. The van der Waals surface area contributed by atoms with Gasteiger partial charge in [0.2, 0.25) is 0 Å².